The van der Waals surface area contributed by atoms with Crippen molar-refractivity contribution in [1.29, 1.82) is 0 Å². The number of aryl methyl sites for hydroxylation is 1. The van der Waals surface area contributed by atoms with Crippen LogP contribution in [0.15, 0.2) is 24.5 Å². The average molecular weight is 382 g/mol. The van der Waals surface area contributed by atoms with Crippen molar-refractivity contribution in [3.05, 3.63) is 41.6 Å². The van der Waals surface area contributed by atoms with Crippen LogP contribution in [0.4, 0.5) is 0 Å². The summed E-state index contributed by atoms with van der Waals surface area (Å²) in [5.74, 6) is -0.121. The van der Waals surface area contributed by atoms with Crippen LogP contribution in [0.2, 0.25) is 0 Å². The summed E-state index contributed by atoms with van der Waals surface area (Å²) < 4.78 is 0. The van der Waals surface area contributed by atoms with Gasteiger partial charge in [0.15, 0.2) is 0 Å². The molecule has 0 aliphatic carbocycles. The highest BCUT2D eigenvalue weighted by molar-refractivity contribution is 5.88. The molecule has 0 bridgehead atoms. The van der Waals surface area contributed by atoms with Crippen molar-refractivity contribution in [3.8, 4) is 11.3 Å². The van der Waals surface area contributed by atoms with Crippen LogP contribution in [0, 0.1) is 12.3 Å². The van der Waals surface area contributed by atoms with Gasteiger partial charge < -0.3 is 10.0 Å². The van der Waals surface area contributed by atoms with E-state index >= 15 is 0 Å². The second-order valence-electron chi connectivity index (χ2n) is 8.36. The maximum atomic E-state index is 12.7. The van der Waals surface area contributed by atoms with Crippen LogP contribution in [-0.2, 0) is 4.79 Å². The monoisotopic (exact) mass is 382 g/mol. The van der Waals surface area contributed by atoms with Crippen molar-refractivity contribution in [3.63, 3.8) is 0 Å². The molecule has 0 radical (unpaired) electrons. The van der Waals surface area contributed by atoms with E-state index in [9.17, 15) is 14.7 Å². The first-order valence-electron chi connectivity index (χ1n) is 9.49. The quantitative estimate of drug-likeness (QED) is 0.875. The molecule has 148 valence electrons. The summed E-state index contributed by atoms with van der Waals surface area (Å²) >= 11 is 0. The molecule has 1 atom stereocenters. The Morgan fingerprint density at radius 3 is 2.61 bits per heavy atom. The Morgan fingerprint density at radius 1 is 1.18 bits per heavy atom. The Morgan fingerprint density at radius 2 is 1.93 bits per heavy atom. The number of carbonyl (C=O) groups is 2. The molecule has 7 nitrogen and oxygen atoms in total. The van der Waals surface area contributed by atoms with Crippen LogP contribution < -0.4 is 0 Å². The molecule has 1 saturated heterocycles. The second kappa shape index (κ2) is 7.66. The Labute approximate surface area is 164 Å². The number of carbonyl (C=O) groups excluding carboxylic acids is 1. The van der Waals surface area contributed by atoms with Crippen LogP contribution in [0.25, 0.3) is 11.3 Å². The van der Waals surface area contributed by atoms with Gasteiger partial charge in [-0.1, -0.05) is 20.8 Å². The highest BCUT2D eigenvalue weighted by Gasteiger charge is 2.32. The van der Waals surface area contributed by atoms with Crippen LogP contribution >= 0.6 is 0 Å². The van der Waals surface area contributed by atoms with Crippen LogP contribution in [0.1, 0.15) is 61.4 Å². The lowest BCUT2D eigenvalue weighted by molar-refractivity contribution is -0.140. The predicted octanol–water partition coefficient (Wildman–Crippen LogP) is 3.30. The van der Waals surface area contributed by atoms with E-state index in [4.69, 9.17) is 4.98 Å². The van der Waals surface area contributed by atoms with Crippen LogP contribution in [0.3, 0.4) is 0 Å². The van der Waals surface area contributed by atoms with E-state index in [1.807, 2.05) is 38.7 Å². The zero-order valence-electron chi connectivity index (χ0n) is 16.8. The van der Waals surface area contributed by atoms with E-state index in [0.717, 1.165) is 25.1 Å². The highest BCUT2D eigenvalue weighted by Crippen LogP contribution is 2.29. The molecular weight excluding hydrogens is 356 g/mol. The first-order valence-corrected chi connectivity index (χ1v) is 9.49. The molecule has 1 fully saturated rings. The van der Waals surface area contributed by atoms with E-state index in [1.54, 1.807) is 12.3 Å². The predicted molar refractivity (Wildman–Crippen MR) is 105 cm³/mol. The maximum Gasteiger partial charge on any atom is 0.337 e. The summed E-state index contributed by atoms with van der Waals surface area (Å²) in [7, 11) is 0. The number of amides is 1. The number of aromatic nitrogens is 3. The zero-order chi connectivity index (χ0) is 20.5. The third-order valence-electron chi connectivity index (χ3n) is 4.87. The van der Waals surface area contributed by atoms with E-state index in [-0.39, 0.29) is 17.4 Å². The number of nitrogens with zero attached hydrogens (tertiary/aromatic N) is 4. The van der Waals surface area contributed by atoms with Crippen molar-refractivity contribution < 1.29 is 14.7 Å². The van der Waals surface area contributed by atoms with Crippen molar-refractivity contribution >= 4 is 11.9 Å². The van der Waals surface area contributed by atoms with Gasteiger partial charge in [0, 0.05) is 48.1 Å². The first kappa shape index (κ1) is 19.9. The third-order valence-corrected chi connectivity index (χ3v) is 4.87. The standard InChI is InChI=1S/C21H26N4O3/c1-13-8-17(15-9-16(19(26)27)11-22-10-15)24-18(23-13)14-6-5-7-25(12-14)20(28)21(2,3)4/h8-11,14H,5-7,12H2,1-4H3,(H,26,27)/t14-/m1/s1. The number of likely N-dealkylation sites (tertiary alicyclic amines) is 1. The summed E-state index contributed by atoms with van der Waals surface area (Å²) in [6, 6.07) is 3.39. The number of carboxylic acid groups (broad SMARTS) is 1. The minimum absolute atomic E-state index is 0.0642. The van der Waals surface area contributed by atoms with Gasteiger partial charge in [0.25, 0.3) is 0 Å². The van der Waals surface area contributed by atoms with Crippen molar-refractivity contribution in [2.24, 2.45) is 5.41 Å². The number of hydrogen-bond acceptors (Lipinski definition) is 5. The molecule has 0 spiro atoms. The third kappa shape index (κ3) is 4.35. The molecule has 0 saturated carbocycles. The molecule has 3 heterocycles. The van der Waals surface area contributed by atoms with E-state index < -0.39 is 11.4 Å². The minimum Gasteiger partial charge on any atom is -0.478 e. The van der Waals surface area contributed by atoms with Crippen molar-refractivity contribution in [2.45, 2.75) is 46.5 Å². The molecule has 1 aliphatic rings. The van der Waals surface area contributed by atoms with Gasteiger partial charge in [-0.25, -0.2) is 14.8 Å². The van der Waals surface area contributed by atoms with Gasteiger partial charge in [-0.05, 0) is 31.9 Å². The van der Waals surface area contributed by atoms with Gasteiger partial charge >= 0.3 is 5.97 Å². The van der Waals surface area contributed by atoms with Gasteiger partial charge in [-0.3, -0.25) is 9.78 Å². The number of rotatable bonds is 3. The van der Waals surface area contributed by atoms with E-state index in [2.05, 4.69) is 9.97 Å². The maximum absolute atomic E-state index is 12.7. The normalized spacial score (nSPS) is 17.4. The Balaban J connectivity index is 1.90. The molecule has 1 amide bonds. The molecule has 3 rings (SSSR count). The fourth-order valence-corrected chi connectivity index (χ4v) is 3.47. The topological polar surface area (TPSA) is 96.3 Å². The molecule has 0 unspecified atom stereocenters. The first-order chi connectivity index (χ1) is 13.1. The Hall–Kier alpha value is -2.83. The summed E-state index contributed by atoms with van der Waals surface area (Å²) in [5, 5.41) is 9.21. The van der Waals surface area contributed by atoms with Crippen molar-refractivity contribution in [2.75, 3.05) is 13.1 Å². The van der Waals surface area contributed by atoms with Gasteiger partial charge in [0.1, 0.15) is 5.82 Å². The molecule has 2 aromatic heterocycles. The van der Waals surface area contributed by atoms with Gasteiger partial charge in [-0.15, -0.1) is 0 Å². The largest absolute Gasteiger partial charge is 0.478 e. The number of aromatic carboxylic acids is 1. The smallest absolute Gasteiger partial charge is 0.337 e. The summed E-state index contributed by atoms with van der Waals surface area (Å²) in [4.78, 5) is 39.2. The second-order valence-corrected chi connectivity index (χ2v) is 8.36. The van der Waals surface area contributed by atoms with Crippen LogP contribution in [-0.4, -0.2) is 49.9 Å². The lowest BCUT2D eigenvalue weighted by atomic mass is 9.91. The van der Waals surface area contributed by atoms with E-state index in [0.29, 0.717) is 23.6 Å². The Kier molecular flexibility index (Phi) is 5.45. The molecule has 7 heteroatoms. The lowest BCUT2D eigenvalue weighted by Gasteiger charge is -2.36. The van der Waals surface area contributed by atoms with Crippen molar-refractivity contribution in [1.82, 2.24) is 19.9 Å². The number of piperidine rings is 1. The lowest BCUT2D eigenvalue weighted by Crippen LogP contribution is -2.44. The fourth-order valence-electron chi connectivity index (χ4n) is 3.47. The molecule has 2 aromatic rings. The van der Waals surface area contributed by atoms with E-state index in [1.165, 1.54) is 6.20 Å². The molecule has 1 N–H and O–H groups in total. The van der Waals surface area contributed by atoms with Gasteiger partial charge in [0.05, 0.1) is 11.3 Å². The number of hydrogen-bond donors (Lipinski definition) is 1. The highest BCUT2D eigenvalue weighted by atomic mass is 16.4. The average Bonchev–Trinajstić information content (AvgIpc) is 2.66. The Bertz CT molecular complexity index is 905. The van der Waals surface area contributed by atoms with Crippen LogP contribution in [0.5, 0.6) is 0 Å². The van der Waals surface area contributed by atoms with Gasteiger partial charge in [-0.2, -0.15) is 0 Å². The number of pyridine rings is 1. The summed E-state index contributed by atoms with van der Waals surface area (Å²) in [5.41, 5.74) is 1.81. The minimum atomic E-state index is -1.02. The molecule has 1 aliphatic heterocycles. The molecular formula is C21H26N4O3. The van der Waals surface area contributed by atoms with Gasteiger partial charge in [0.2, 0.25) is 5.91 Å². The molecule has 28 heavy (non-hydrogen) atoms. The summed E-state index contributed by atoms with van der Waals surface area (Å²) in [6.45, 7) is 9.06. The zero-order valence-corrected chi connectivity index (χ0v) is 16.8. The molecule has 0 aromatic carbocycles. The fraction of sp³-hybridized carbons (Fsp3) is 0.476. The number of carboxylic acids is 1. The summed E-state index contributed by atoms with van der Waals surface area (Å²) in [6.07, 6.45) is 4.76. The SMILES string of the molecule is Cc1cc(-c2cncc(C(=O)O)c2)nc([C@@H]2CCCN(C(=O)C(C)(C)C)C2)n1.